The monoisotopic (exact) mass is 327 g/mol. The molecule has 0 aliphatic heterocycles. The summed E-state index contributed by atoms with van der Waals surface area (Å²) in [5, 5.41) is 3.85. The molecule has 2 aromatic carbocycles. The smallest absolute Gasteiger partial charge is 0.337 e. The minimum absolute atomic E-state index is 0.191. The highest BCUT2D eigenvalue weighted by Gasteiger charge is 2.10. The Morgan fingerprint density at radius 2 is 2.00 bits per heavy atom. The van der Waals surface area contributed by atoms with E-state index in [1.165, 1.54) is 25.3 Å². The van der Waals surface area contributed by atoms with Crippen LogP contribution in [-0.2, 0) is 11.3 Å². The van der Waals surface area contributed by atoms with Crippen molar-refractivity contribution < 1.29 is 13.9 Å². The fourth-order valence-corrected chi connectivity index (χ4v) is 2.15. The molecule has 0 fully saturated rings. The van der Waals surface area contributed by atoms with Crippen LogP contribution >= 0.6 is 23.2 Å². The van der Waals surface area contributed by atoms with Gasteiger partial charge in [-0.3, -0.25) is 0 Å². The summed E-state index contributed by atoms with van der Waals surface area (Å²) >= 11 is 11.9. The number of hydrogen-bond acceptors (Lipinski definition) is 3. The number of nitrogens with one attached hydrogen (secondary N) is 1. The molecule has 6 heteroatoms. The second-order valence-corrected chi connectivity index (χ2v) is 5.12. The average Bonchev–Trinajstić information content (AvgIpc) is 2.48. The van der Waals surface area contributed by atoms with Gasteiger partial charge in [0.1, 0.15) is 5.82 Å². The molecule has 0 aromatic heterocycles. The Bertz CT molecular complexity index is 677. The molecule has 2 aromatic rings. The lowest BCUT2D eigenvalue weighted by molar-refractivity contribution is 0.0601. The number of anilines is 1. The van der Waals surface area contributed by atoms with Gasteiger partial charge in [-0.25, -0.2) is 9.18 Å². The van der Waals surface area contributed by atoms with Crippen molar-refractivity contribution in [3.8, 4) is 0 Å². The maximum absolute atomic E-state index is 13.6. The van der Waals surface area contributed by atoms with E-state index in [2.05, 4.69) is 10.1 Å². The number of carbonyl (C=O) groups is 1. The number of rotatable bonds is 4. The van der Waals surface area contributed by atoms with Crippen LogP contribution in [0.15, 0.2) is 36.4 Å². The molecule has 0 saturated heterocycles. The third kappa shape index (κ3) is 3.86. The van der Waals surface area contributed by atoms with Crippen LogP contribution in [0.25, 0.3) is 0 Å². The molecular formula is C15H12Cl2FNO2. The highest BCUT2D eigenvalue weighted by Crippen LogP contribution is 2.25. The minimum Gasteiger partial charge on any atom is -0.465 e. The zero-order valence-electron chi connectivity index (χ0n) is 11.1. The zero-order chi connectivity index (χ0) is 15.4. The van der Waals surface area contributed by atoms with Gasteiger partial charge in [-0.2, -0.15) is 0 Å². The number of halogens is 3. The SMILES string of the molecule is COC(=O)c1ccc(Cl)c(NCc2cc(Cl)ccc2F)c1. The third-order valence-electron chi connectivity index (χ3n) is 2.86. The Morgan fingerprint density at radius 1 is 1.24 bits per heavy atom. The summed E-state index contributed by atoms with van der Waals surface area (Å²) in [5.41, 5.74) is 1.27. The Morgan fingerprint density at radius 3 is 2.71 bits per heavy atom. The lowest BCUT2D eigenvalue weighted by atomic mass is 10.1. The number of hydrogen-bond donors (Lipinski definition) is 1. The second-order valence-electron chi connectivity index (χ2n) is 4.28. The van der Waals surface area contributed by atoms with Crippen LogP contribution < -0.4 is 5.32 Å². The second kappa shape index (κ2) is 6.78. The standard InChI is InChI=1S/C15H12Cl2FNO2/c1-21-15(20)9-2-4-12(17)14(7-9)19-8-10-6-11(16)3-5-13(10)18/h2-7,19H,8H2,1H3. The Hall–Kier alpha value is -1.78. The molecule has 0 bridgehead atoms. The number of benzene rings is 2. The van der Waals surface area contributed by atoms with E-state index in [4.69, 9.17) is 23.2 Å². The van der Waals surface area contributed by atoms with Gasteiger partial charge in [-0.05, 0) is 36.4 Å². The van der Waals surface area contributed by atoms with Crippen LogP contribution in [-0.4, -0.2) is 13.1 Å². The quantitative estimate of drug-likeness (QED) is 0.838. The highest BCUT2D eigenvalue weighted by molar-refractivity contribution is 6.33. The molecule has 0 atom stereocenters. The maximum atomic E-state index is 13.6. The molecule has 2 rings (SSSR count). The fourth-order valence-electron chi connectivity index (χ4n) is 1.77. The van der Waals surface area contributed by atoms with Crippen LogP contribution in [0.5, 0.6) is 0 Å². The normalized spacial score (nSPS) is 10.3. The molecule has 0 heterocycles. The van der Waals surface area contributed by atoms with Crippen LogP contribution in [0.4, 0.5) is 10.1 Å². The first-order valence-corrected chi connectivity index (χ1v) is 6.82. The van der Waals surface area contributed by atoms with E-state index in [0.717, 1.165) is 0 Å². The van der Waals surface area contributed by atoms with E-state index in [-0.39, 0.29) is 12.4 Å². The van der Waals surface area contributed by atoms with E-state index in [1.54, 1.807) is 18.2 Å². The Labute approximate surface area is 131 Å². The predicted octanol–water partition coefficient (Wildman–Crippen LogP) is 4.53. The van der Waals surface area contributed by atoms with Crippen LogP contribution in [0.1, 0.15) is 15.9 Å². The van der Waals surface area contributed by atoms with E-state index >= 15 is 0 Å². The summed E-state index contributed by atoms with van der Waals surface area (Å²) in [6.45, 7) is 0.191. The van der Waals surface area contributed by atoms with E-state index in [9.17, 15) is 9.18 Å². The first-order chi connectivity index (χ1) is 10.0. The van der Waals surface area contributed by atoms with Crippen LogP contribution in [0, 0.1) is 5.82 Å². The summed E-state index contributed by atoms with van der Waals surface area (Å²) < 4.78 is 18.3. The maximum Gasteiger partial charge on any atom is 0.337 e. The van der Waals surface area contributed by atoms with Crippen molar-refractivity contribution in [1.29, 1.82) is 0 Å². The summed E-state index contributed by atoms with van der Waals surface area (Å²) in [5.74, 6) is -0.837. The first kappa shape index (κ1) is 15.6. The van der Waals surface area contributed by atoms with Crippen molar-refractivity contribution in [1.82, 2.24) is 0 Å². The van der Waals surface area contributed by atoms with Crippen molar-refractivity contribution in [2.75, 3.05) is 12.4 Å². The predicted molar refractivity (Wildman–Crippen MR) is 81.5 cm³/mol. The van der Waals surface area contributed by atoms with Gasteiger partial charge in [0.15, 0.2) is 0 Å². The molecule has 0 unspecified atom stereocenters. The van der Waals surface area contributed by atoms with E-state index in [1.807, 2.05) is 0 Å². The molecule has 0 spiro atoms. The van der Waals surface area contributed by atoms with Crippen molar-refractivity contribution in [3.63, 3.8) is 0 Å². The molecule has 3 nitrogen and oxygen atoms in total. The van der Waals surface area contributed by atoms with Gasteiger partial charge in [-0.15, -0.1) is 0 Å². The molecule has 0 saturated carbocycles. The van der Waals surface area contributed by atoms with Crippen molar-refractivity contribution in [2.24, 2.45) is 0 Å². The third-order valence-corrected chi connectivity index (χ3v) is 3.43. The zero-order valence-corrected chi connectivity index (χ0v) is 12.6. The average molecular weight is 328 g/mol. The molecule has 110 valence electrons. The number of esters is 1. The highest BCUT2D eigenvalue weighted by atomic mass is 35.5. The van der Waals surface area contributed by atoms with Gasteiger partial charge >= 0.3 is 5.97 Å². The summed E-state index contributed by atoms with van der Waals surface area (Å²) in [4.78, 5) is 11.5. The van der Waals surface area contributed by atoms with Crippen LogP contribution in [0.3, 0.4) is 0 Å². The van der Waals surface area contributed by atoms with Crippen molar-refractivity contribution in [2.45, 2.75) is 6.54 Å². The molecule has 0 aliphatic rings. The molecule has 0 aliphatic carbocycles. The summed E-state index contributed by atoms with van der Waals surface area (Å²) in [6, 6.07) is 8.99. The van der Waals surface area contributed by atoms with Gasteiger partial charge in [0.05, 0.1) is 23.4 Å². The van der Waals surface area contributed by atoms with Crippen molar-refractivity contribution in [3.05, 3.63) is 63.4 Å². The Kier molecular flexibility index (Phi) is 5.04. The van der Waals surface area contributed by atoms with Gasteiger partial charge in [0, 0.05) is 17.1 Å². The van der Waals surface area contributed by atoms with Gasteiger partial charge in [0.2, 0.25) is 0 Å². The molecule has 1 N–H and O–H groups in total. The van der Waals surface area contributed by atoms with Crippen LogP contribution in [0.2, 0.25) is 10.0 Å². The lowest BCUT2D eigenvalue weighted by Gasteiger charge is -2.11. The van der Waals surface area contributed by atoms with Gasteiger partial charge in [0.25, 0.3) is 0 Å². The largest absolute Gasteiger partial charge is 0.465 e. The molecular weight excluding hydrogens is 316 g/mol. The van der Waals surface area contributed by atoms with Gasteiger partial charge < -0.3 is 10.1 Å². The Balaban J connectivity index is 2.19. The summed E-state index contributed by atoms with van der Waals surface area (Å²) in [7, 11) is 1.30. The number of carbonyl (C=O) groups excluding carboxylic acids is 1. The van der Waals surface area contributed by atoms with Gasteiger partial charge in [-0.1, -0.05) is 23.2 Å². The van der Waals surface area contributed by atoms with E-state index in [0.29, 0.717) is 26.9 Å². The lowest BCUT2D eigenvalue weighted by Crippen LogP contribution is -2.05. The summed E-state index contributed by atoms with van der Waals surface area (Å²) in [6.07, 6.45) is 0. The fraction of sp³-hybridized carbons (Fsp3) is 0.133. The molecule has 0 radical (unpaired) electrons. The molecule has 21 heavy (non-hydrogen) atoms. The van der Waals surface area contributed by atoms with E-state index < -0.39 is 5.97 Å². The molecule has 0 amide bonds. The number of methoxy groups -OCH3 is 1. The number of ether oxygens (including phenoxy) is 1. The first-order valence-electron chi connectivity index (χ1n) is 6.07. The van der Waals surface area contributed by atoms with Crippen molar-refractivity contribution >= 4 is 34.9 Å². The topological polar surface area (TPSA) is 38.3 Å². The minimum atomic E-state index is -0.469.